The Bertz CT molecular complexity index is 998. The van der Waals surface area contributed by atoms with E-state index in [0.29, 0.717) is 23.9 Å². The second-order valence-corrected chi connectivity index (χ2v) is 8.81. The summed E-state index contributed by atoms with van der Waals surface area (Å²) in [6, 6.07) is 4.01. The van der Waals surface area contributed by atoms with E-state index in [1.165, 1.54) is 0 Å². The number of aromatic nitrogens is 4. The van der Waals surface area contributed by atoms with Crippen molar-refractivity contribution in [3.63, 3.8) is 0 Å². The van der Waals surface area contributed by atoms with Crippen LogP contribution in [0.5, 0.6) is 0 Å². The molecule has 3 heterocycles. The molecule has 2 N–H and O–H groups in total. The Hall–Kier alpha value is -2.70. The molecule has 9 nitrogen and oxygen atoms in total. The van der Waals surface area contributed by atoms with Gasteiger partial charge in [-0.1, -0.05) is 6.92 Å². The number of amides is 1. The number of halogens is 1. The highest BCUT2D eigenvalue weighted by atomic mass is 35.5. The van der Waals surface area contributed by atoms with Crippen LogP contribution in [-0.2, 0) is 10.3 Å². The van der Waals surface area contributed by atoms with Crippen molar-refractivity contribution in [2.24, 2.45) is 11.3 Å². The van der Waals surface area contributed by atoms with Gasteiger partial charge in [0.05, 0.1) is 30.1 Å². The smallest absolute Gasteiger partial charge is 0.249 e. The van der Waals surface area contributed by atoms with E-state index in [2.05, 4.69) is 26.5 Å². The van der Waals surface area contributed by atoms with Crippen LogP contribution in [-0.4, -0.2) is 43.4 Å². The summed E-state index contributed by atoms with van der Waals surface area (Å²) in [4.78, 5) is 23.8. The summed E-state index contributed by atoms with van der Waals surface area (Å²) < 4.78 is 1.67. The van der Waals surface area contributed by atoms with Gasteiger partial charge in [0.2, 0.25) is 11.9 Å². The van der Waals surface area contributed by atoms with Crippen LogP contribution in [0.1, 0.15) is 46.5 Å². The third-order valence-electron chi connectivity index (χ3n) is 6.20. The fourth-order valence-corrected chi connectivity index (χ4v) is 4.11. The van der Waals surface area contributed by atoms with Gasteiger partial charge in [-0.3, -0.25) is 14.4 Å². The molecule has 1 saturated carbocycles. The SMILES string of the molecule is CC[C@@H]1C[C@@](C#N)(C2CC2)C(=O)N1c1ccnc(Nc2cnn(C(C)(C)CO)c2)n1.Cl. The van der Waals surface area contributed by atoms with Crippen molar-refractivity contribution < 1.29 is 9.90 Å². The third kappa shape index (κ3) is 3.98. The summed E-state index contributed by atoms with van der Waals surface area (Å²) in [5.74, 6) is 0.873. The number of aliphatic hydroxyl groups is 1. The fourth-order valence-electron chi connectivity index (χ4n) is 4.11. The Kier molecular flexibility index (Phi) is 6.25. The first-order valence-electron chi connectivity index (χ1n) is 10.4. The van der Waals surface area contributed by atoms with Crippen molar-refractivity contribution in [2.45, 2.75) is 58.0 Å². The van der Waals surface area contributed by atoms with Gasteiger partial charge in [-0.2, -0.15) is 15.3 Å². The Morgan fingerprint density at radius 2 is 2.16 bits per heavy atom. The van der Waals surface area contributed by atoms with Crippen LogP contribution in [0.3, 0.4) is 0 Å². The van der Waals surface area contributed by atoms with Crippen LogP contribution in [0.25, 0.3) is 0 Å². The molecule has 2 aliphatic rings. The Labute approximate surface area is 187 Å². The lowest BCUT2D eigenvalue weighted by molar-refractivity contribution is -0.123. The third-order valence-corrected chi connectivity index (χ3v) is 6.20. The fraction of sp³-hybridized carbons (Fsp3) is 0.571. The van der Waals surface area contributed by atoms with Crippen molar-refractivity contribution in [1.29, 1.82) is 5.26 Å². The number of nitrogens with one attached hydrogen (secondary N) is 1. The molecule has 4 rings (SSSR count). The molecule has 10 heteroatoms. The van der Waals surface area contributed by atoms with Crippen LogP contribution >= 0.6 is 12.4 Å². The molecule has 1 saturated heterocycles. The molecule has 166 valence electrons. The number of nitriles is 1. The first-order valence-corrected chi connectivity index (χ1v) is 10.4. The van der Waals surface area contributed by atoms with Gasteiger partial charge in [-0.15, -0.1) is 12.4 Å². The summed E-state index contributed by atoms with van der Waals surface area (Å²) in [6.07, 6.45) is 8.21. The average Bonchev–Trinajstić information content (AvgIpc) is 3.42. The minimum absolute atomic E-state index is 0. The van der Waals surface area contributed by atoms with E-state index in [4.69, 9.17) is 0 Å². The molecular formula is C21H28ClN7O2. The van der Waals surface area contributed by atoms with E-state index >= 15 is 0 Å². The largest absolute Gasteiger partial charge is 0.394 e. The lowest BCUT2D eigenvalue weighted by Crippen LogP contribution is -2.38. The van der Waals surface area contributed by atoms with Crippen LogP contribution in [0.4, 0.5) is 17.5 Å². The summed E-state index contributed by atoms with van der Waals surface area (Å²) in [7, 11) is 0. The van der Waals surface area contributed by atoms with Gasteiger partial charge >= 0.3 is 0 Å². The number of nitrogens with zero attached hydrogens (tertiary/aromatic N) is 6. The van der Waals surface area contributed by atoms with Crippen LogP contribution < -0.4 is 10.2 Å². The molecule has 0 radical (unpaired) electrons. The van der Waals surface area contributed by atoms with E-state index in [9.17, 15) is 15.2 Å². The number of carbonyl (C=O) groups is 1. The summed E-state index contributed by atoms with van der Waals surface area (Å²) in [5.41, 5.74) is -0.767. The number of rotatable bonds is 7. The lowest BCUT2D eigenvalue weighted by atomic mass is 9.81. The zero-order valence-corrected chi connectivity index (χ0v) is 18.8. The standard InChI is InChI=1S/C21H27N7O2.ClH/c1-4-16-9-21(12-22,14-5-6-14)18(30)28(16)17-7-8-23-19(26-17)25-15-10-24-27(11-15)20(2,3)13-29;/h7-8,10-11,14,16,29H,4-6,9,13H2,1-3H3,(H,23,25,26);1H/t16-,21-;/m1./s1. The quantitative estimate of drug-likeness (QED) is 0.671. The van der Waals surface area contributed by atoms with Gasteiger partial charge in [-0.05, 0) is 51.5 Å². The highest BCUT2D eigenvalue weighted by Crippen LogP contribution is 2.54. The molecule has 2 aromatic rings. The highest BCUT2D eigenvalue weighted by Gasteiger charge is 2.60. The maximum absolute atomic E-state index is 13.3. The Morgan fingerprint density at radius 1 is 1.42 bits per heavy atom. The molecule has 0 spiro atoms. The van der Waals surface area contributed by atoms with E-state index < -0.39 is 11.0 Å². The number of hydrogen-bond donors (Lipinski definition) is 2. The zero-order valence-electron chi connectivity index (χ0n) is 17.9. The molecule has 0 aromatic carbocycles. The molecule has 2 atom stereocenters. The van der Waals surface area contributed by atoms with Crippen LogP contribution in [0.15, 0.2) is 24.7 Å². The van der Waals surface area contributed by atoms with Gasteiger partial charge in [0.15, 0.2) is 0 Å². The first-order chi connectivity index (χ1) is 14.3. The lowest BCUT2D eigenvalue weighted by Gasteiger charge is -2.23. The molecule has 0 bridgehead atoms. The van der Waals surface area contributed by atoms with Gasteiger partial charge in [0.1, 0.15) is 11.2 Å². The van der Waals surface area contributed by atoms with Gasteiger partial charge in [0.25, 0.3) is 0 Å². The predicted octanol–water partition coefficient (Wildman–Crippen LogP) is 3.00. The Balaban J connectivity index is 0.00000272. The molecule has 2 aromatic heterocycles. The molecule has 1 aliphatic heterocycles. The normalized spacial score (nSPS) is 23.4. The van der Waals surface area contributed by atoms with Crippen LogP contribution in [0.2, 0.25) is 0 Å². The van der Waals surface area contributed by atoms with Gasteiger partial charge < -0.3 is 10.4 Å². The summed E-state index contributed by atoms with van der Waals surface area (Å²) in [5, 5.41) is 26.8. The number of hydrogen-bond acceptors (Lipinski definition) is 7. The van der Waals surface area contributed by atoms with Crippen molar-refractivity contribution in [3.05, 3.63) is 24.7 Å². The highest BCUT2D eigenvalue weighted by molar-refractivity contribution is 6.02. The summed E-state index contributed by atoms with van der Waals surface area (Å²) >= 11 is 0. The van der Waals surface area contributed by atoms with Crippen molar-refractivity contribution in [1.82, 2.24) is 19.7 Å². The molecular weight excluding hydrogens is 418 g/mol. The maximum atomic E-state index is 13.3. The maximum Gasteiger partial charge on any atom is 0.249 e. The first kappa shape index (κ1) is 23.0. The van der Waals surface area contributed by atoms with E-state index in [0.717, 1.165) is 19.3 Å². The molecule has 0 unspecified atom stereocenters. The van der Waals surface area contributed by atoms with E-state index in [1.54, 1.807) is 34.2 Å². The number of carbonyl (C=O) groups excluding carboxylic acids is 1. The molecule has 1 amide bonds. The zero-order chi connectivity index (χ0) is 21.5. The van der Waals surface area contributed by atoms with Crippen molar-refractivity contribution in [2.75, 3.05) is 16.8 Å². The molecule has 31 heavy (non-hydrogen) atoms. The van der Waals surface area contributed by atoms with Crippen molar-refractivity contribution in [3.8, 4) is 6.07 Å². The topological polar surface area (TPSA) is 120 Å². The molecule has 2 fully saturated rings. The van der Waals surface area contributed by atoms with Crippen LogP contribution in [0, 0.1) is 22.7 Å². The Morgan fingerprint density at radius 3 is 2.77 bits per heavy atom. The predicted molar refractivity (Wildman–Crippen MR) is 118 cm³/mol. The average molecular weight is 446 g/mol. The van der Waals surface area contributed by atoms with E-state index in [1.807, 2.05) is 20.8 Å². The molecule has 1 aliphatic carbocycles. The summed E-state index contributed by atoms with van der Waals surface area (Å²) in [6.45, 7) is 5.75. The second-order valence-electron chi connectivity index (χ2n) is 8.81. The number of anilines is 3. The van der Waals surface area contributed by atoms with Gasteiger partial charge in [-0.25, -0.2) is 4.98 Å². The number of aliphatic hydroxyl groups excluding tert-OH is 1. The van der Waals surface area contributed by atoms with Crippen molar-refractivity contribution >= 4 is 35.8 Å². The monoisotopic (exact) mass is 445 g/mol. The van der Waals surface area contributed by atoms with E-state index in [-0.39, 0.29) is 36.9 Å². The second kappa shape index (κ2) is 8.44. The minimum atomic E-state index is -0.920. The minimum Gasteiger partial charge on any atom is -0.394 e. The van der Waals surface area contributed by atoms with Gasteiger partial charge in [0, 0.05) is 18.4 Å².